The third kappa shape index (κ3) is 4.06. The quantitative estimate of drug-likeness (QED) is 0.739. The van der Waals surface area contributed by atoms with Crippen LogP contribution in [-0.4, -0.2) is 9.78 Å². The summed E-state index contributed by atoms with van der Waals surface area (Å²) in [6, 6.07) is 0. The maximum atomic E-state index is 6.08. The van der Waals surface area contributed by atoms with Crippen LogP contribution in [0.5, 0.6) is 0 Å². The van der Waals surface area contributed by atoms with Gasteiger partial charge in [-0.3, -0.25) is 4.68 Å². The van der Waals surface area contributed by atoms with Gasteiger partial charge in [0.05, 0.1) is 5.69 Å². The van der Waals surface area contributed by atoms with Gasteiger partial charge in [-0.2, -0.15) is 5.10 Å². The van der Waals surface area contributed by atoms with E-state index >= 15 is 0 Å². The topological polar surface area (TPSA) is 43.8 Å². The molecule has 3 heteroatoms. The molecule has 3 nitrogen and oxygen atoms in total. The van der Waals surface area contributed by atoms with E-state index in [1.54, 1.807) is 0 Å². The molecule has 2 N–H and O–H groups in total. The maximum absolute atomic E-state index is 6.08. The van der Waals surface area contributed by atoms with Crippen molar-refractivity contribution in [2.75, 3.05) is 5.73 Å². The molecule has 0 amide bonds. The second-order valence-electron chi connectivity index (χ2n) is 5.34. The van der Waals surface area contributed by atoms with Crippen LogP contribution in [-0.2, 0) is 19.9 Å². The zero-order valence-electron chi connectivity index (χ0n) is 11.8. The van der Waals surface area contributed by atoms with Crippen LogP contribution >= 0.6 is 0 Å². The minimum atomic E-state index is 0.635. The molecule has 0 aliphatic rings. The van der Waals surface area contributed by atoms with E-state index in [-0.39, 0.29) is 0 Å². The van der Waals surface area contributed by atoms with Crippen molar-refractivity contribution < 1.29 is 0 Å². The van der Waals surface area contributed by atoms with E-state index in [1.807, 2.05) is 11.7 Å². The molecule has 1 heterocycles. The molecule has 1 aromatic heterocycles. The summed E-state index contributed by atoms with van der Waals surface area (Å²) in [5, 5.41) is 4.55. The van der Waals surface area contributed by atoms with Crippen LogP contribution < -0.4 is 5.73 Å². The van der Waals surface area contributed by atoms with Gasteiger partial charge in [0.15, 0.2) is 0 Å². The molecule has 0 aliphatic carbocycles. The SMILES string of the molecule is CCCCCCc1nn(C)c(N)c1CC(C)C. The molecular formula is C14H27N3. The van der Waals surface area contributed by atoms with Gasteiger partial charge < -0.3 is 5.73 Å². The summed E-state index contributed by atoms with van der Waals surface area (Å²) in [5.41, 5.74) is 8.58. The van der Waals surface area contributed by atoms with Crippen LogP contribution in [0, 0.1) is 5.92 Å². The molecule has 0 spiro atoms. The summed E-state index contributed by atoms with van der Waals surface area (Å²) >= 11 is 0. The van der Waals surface area contributed by atoms with Gasteiger partial charge in [-0.25, -0.2) is 0 Å². The second-order valence-corrected chi connectivity index (χ2v) is 5.34. The van der Waals surface area contributed by atoms with Crippen molar-refractivity contribution in [3.63, 3.8) is 0 Å². The van der Waals surface area contributed by atoms with Gasteiger partial charge in [-0.1, -0.05) is 40.0 Å². The summed E-state index contributed by atoms with van der Waals surface area (Å²) in [6.07, 6.45) is 7.25. The van der Waals surface area contributed by atoms with Gasteiger partial charge in [0.25, 0.3) is 0 Å². The Kier molecular flexibility index (Phi) is 5.52. The lowest BCUT2D eigenvalue weighted by Gasteiger charge is -2.06. The number of hydrogen-bond donors (Lipinski definition) is 1. The molecule has 0 aliphatic heterocycles. The highest BCUT2D eigenvalue weighted by Gasteiger charge is 2.14. The number of nitrogens with zero attached hydrogens (tertiary/aromatic N) is 2. The van der Waals surface area contributed by atoms with E-state index in [0.717, 1.165) is 18.7 Å². The molecule has 98 valence electrons. The monoisotopic (exact) mass is 237 g/mol. The van der Waals surface area contributed by atoms with Crippen molar-refractivity contribution in [3.8, 4) is 0 Å². The summed E-state index contributed by atoms with van der Waals surface area (Å²) < 4.78 is 1.83. The maximum Gasteiger partial charge on any atom is 0.124 e. The zero-order valence-corrected chi connectivity index (χ0v) is 11.8. The largest absolute Gasteiger partial charge is 0.384 e. The van der Waals surface area contributed by atoms with Crippen molar-refractivity contribution in [2.45, 2.75) is 59.3 Å². The van der Waals surface area contributed by atoms with Crippen LogP contribution in [0.4, 0.5) is 5.82 Å². The molecule has 1 rings (SSSR count). The Morgan fingerprint density at radius 3 is 2.53 bits per heavy atom. The van der Waals surface area contributed by atoms with Gasteiger partial charge in [0, 0.05) is 12.6 Å². The molecule has 17 heavy (non-hydrogen) atoms. The lowest BCUT2D eigenvalue weighted by Crippen LogP contribution is -2.02. The Labute approximate surface area is 105 Å². The fourth-order valence-electron chi connectivity index (χ4n) is 2.19. The predicted molar refractivity (Wildman–Crippen MR) is 74.0 cm³/mol. The molecular weight excluding hydrogens is 210 g/mol. The van der Waals surface area contributed by atoms with Crippen molar-refractivity contribution in [2.24, 2.45) is 13.0 Å². The predicted octanol–water partition coefficient (Wildman–Crippen LogP) is 3.32. The van der Waals surface area contributed by atoms with E-state index < -0.39 is 0 Å². The first-order valence-corrected chi connectivity index (χ1v) is 6.86. The van der Waals surface area contributed by atoms with E-state index in [1.165, 1.54) is 36.9 Å². The number of anilines is 1. The minimum Gasteiger partial charge on any atom is -0.384 e. The number of nitrogens with two attached hydrogens (primary N) is 1. The molecule has 0 aromatic carbocycles. The molecule has 0 fully saturated rings. The fourth-order valence-corrected chi connectivity index (χ4v) is 2.19. The number of aromatic nitrogens is 2. The average Bonchev–Trinajstić information content (AvgIpc) is 2.52. The molecule has 1 aromatic rings. The summed E-state index contributed by atoms with van der Waals surface area (Å²) in [4.78, 5) is 0. The first-order chi connectivity index (χ1) is 8.06. The number of rotatable bonds is 7. The normalized spacial score (nSPS) is 11.4. The zero-order chi connectivity index (χ0) is 12.8. The van der Waals surface area contributed by atoms with E-state index in [4.69, 9.17) is 5.73 Å². The Balaban J connectivity index is 2.66. The Morgan fingerprint density at radius 2 is 1.94 bits per heavy atom. The summed E-state index contributed by atoms with van der Waals surface area (Å²) in [5.74, 6) is 1.49. The minimum absolute atomic E-state index is 0.635. The third-order valence-corrected chi connectivity index (χ3v) is 3.16. The molecule has 0 atom stereocenters. The average molecular weight is 237 g/mol. The van der Waals surface area contributed by atoms with E-state index in [0.29, 0.717) is 5.92 Å². The standard InChI is InChI=1S/C14H27N3/c1-5-6-7-8-9-13-12(10-11(2)3)14(15)17(4)16-13/h11H,5-10,15H2,1-4H3. The van der Waals surface area contributed by atoms with Gasteiger partial charge >= 0.3 is 0 Å². The van der Waals surface area contributed by atoms with Crippen molar-refractivity contribution in [1.82, 2.24) is 9.78 Å². The van der Waals surface area contributed by atoms with Crippen molar-refractivity contribution in [1.29, 1.82) is 0 Å². The smallest absolute Gasteiger partial charge is 0.124 e. The van der Waals surface area contributed by atoms with E-state index in [2.05, 4.69) is 25.9 Å². The molecule has 0 saturated carbocycles. The van der Waals surface area contributed by atoms with Crippen molar-refractivity contribution in [3.05, 3.63) is 11.3 Å². The first kappa shape index (κ1) is 14.1. The highest BCUT2D eigenvalue weighted by molar-refractivity contribution is 5.43. The third-order valence-electron chi connectivity index (χ3n) is 3.16. The lowest BCUT2D eigenvalue weighted by atomic mass is 10.00. The van der Waals surface area contributed by atoms with Crippen molar-refractivity contribution >= 4 is 5.82 Å². The van der Waals surface area contributed by atoms with Gasteiger partial charge in [-0.05, 0) is 25.2 Å². The Hall–Kier alpha value is -0.990. The molecule has 0 radical (unpaired) electrons. The van der Waals surface area contributed by atoms with Gasteiger partial charge in [0.1, 0.15) is 5.82 Å². The highest BCUT2D eigenvalue weighted by atomic mass is 15.3. The number of hydrogen-bond acceptors (Lipinski definition) is 2. The molecule has 0 unspecified atom stereocenters. The number of nitrogen functional groups attached to an aromatic ring is 1. The van der Waals surface area contributed by atoms with E-state index in [9.17, 15) is 0 Å². The first-order valence-electron chi connectivity index (χ1n) is 6.86. The number of aryl methyl sites for hydroxylation is 2. The van der Waals surface area contributed by atoms with Crippen LogP contribution in [0.15, 0.2) is 0 Å². The molecule has 0 bridgehead atoms. The van der Waals surface area contributed by atoms with Gasteiger partial charge in [0.2, 0.25) is 0 Å². The van der Waals surface area contributed by atoms with Crippen LogP contribution in [0.3, 0.4) is 0 Å². The highest BCUT2D eigenvalue weighted by Crippen LogP contribution is 2.21. The number of unbranched alkanes of at least 4 members (excludes halogenated alkanes) is 3. The second kappa shape index (κ2) is 6.67. The van der Waals surface area contributed by atoms with Crippen LogP contribution in [0.25, 0.3) is 0 Å². The van der Waals surface area contributed by atoms with Crippen LogP contribution in [0.1, 0.15) is 57.7 Å². The summed E-state index contributed by atoms with van der Waals surface area (Å²) in [6.45, 7) is 6.70. The van der Waals surface area contributed by atoms with Crippen LogP contribution in [0.2, 0.25) is 0 Å². The fraction of sp³-hybridized carbons (Fsp3) is 0.786. The summed E-state index contributed by atoms with van der Waals surface area (Å²) in [7, 11) is 1.94. The van der Waals surface area contributed by atoms with Gasteiger partial charge in [-0.15, -0.1) is 0 Å². The Bertz CT molecular complexity index is 339. The lowest BCUT2D eigenvalue weighted by molar-refractivity contribution is 0.628. The molecule has 0 saturated heterocycles. The Morgan fingerprint density at radius 1 is 1.24 bits per heavy atom.